The number of unbranched alkanes of at least 4 members (excludes halogenated alkanes) is 1. The van der Waals surface area contributed by atoms with Crippen LogP contribution < -0.4 is 0 Å². The molecule has 0 fully saturated rings. The molecule has 3 N–H and O–H groups in total. The predicted octanol–water partition coefficient (Wildman–Crippen LogP) is 1.95. The Labute approximate surface area is 99.5 Å². The molecule has 0 saturated heterocycles. The zero-order valence-corrected chi connectivity index (χ0v) is 10.8. The van der Waals surface area contributed by atoms with Crippen molar-refractivity contribution in [1.82, 2.24) is 0 Å². The molecule has 0 saturated carbocycles. The number of aliphatic hydroxyl groups is 3. The molecule has 0 heterocycles. The summed E-state index contributed by atoms with van der Waals surface area (Å²) >= 11 is 0. The molecule has 0 rings (SSSR count). The largest absolute Gasteiger partial charge is 0.396 e. The van der Waals surface area contributed by atoms with Crippen molar-refractivity contribution in [3.63, 3.8) is 0 Å². The Morgan fingerprint density at radius 1 is 1.06 bits per heavy atom. The van der Waals surface area contributed by atoms with E-state index in [2.05, 4.69) is 13.8 Å². The van der Waals surface area contributed by atoms with Crippen molar-refractivity contribution in [3.05, 3.63) is 0 Å². The van der Waals surface area contributed by atoms with Gasteiger partial charge in [0, 0.05) is 12.0 Å². The topological polar surface area (TPSA) is 60.7 Å². The highest BCUT2D eigenvalue weighted by Gasteiger charge is 2.30. The van der Waals surface area contributed by atoms with Crippen LogP contribution in [0.5, 0.6) is 0 Å². The van der Waals surface area contributed by atoms with Crippen LogP contribution in [0.2, 0.25) is 0 Å². The summed E-state index contributed by atoms with van der Waals surface area (Å²) in [6, 6.07) is 0. The van der Waals surface area contributed by atoms with E-state index in [1.807, 2.05) is 0 Å². The van der Waals surface area contributed by atoms with Gasteiger partial charge in [-0.2, -0.15) is 0 Å². The van der Waals surface area contributed by atoms with E-state index in [-0.39, 0.29) is 19.8 Å². The second kappa shape index (κ2) is 8.97. The summed E-state index contributed by atoms with van der Waals surface area (Å²) in [4.78, 5) is 0. The highest BCUT2D eigenvalue weighted by molar-refractivity contribution is 4.80. The highest BCUT2D eigenvalue weighted by atomic mass is 16.3. The van der Waals surface area contributed by atoms with E-state index < -0.39 is 5.41 Å². The van der Waals surface area contributed by atoms with Crippen LogP contribution in [0.1, 0.15) is 52.4 Å². The lowest BCUT2D eigenvalue weighted by atomic mass is 9.76. The molecule has 0 aliphatic heterocycles. The number of aliphatic hydroxyl groups excluding tert-OH is 3. The quantitative estimate of drug-likeness (QED) is 0.539. The molecule has 0 aliphatic rings. The zero-order valence-electron chi connectivity index (χ0n) is 10.8. The first kappa shape index (κ1) is 15.9. The van der Waals surface area contributed by atoms with Crippen molar-refractivity contribution in [2.45, 2.75) is 52.4 Å². The lowest BCUT2D eigenvalue weighted by Gasteiger charge is -2.33. The molecule has 0 spiro atoms. The van der Waals surface area contributed by atoms with Crippen LogP contribution in [-0.2, 0) is 0 Å². The molecule has 0 radical (unpaired) electrons. The van der Waals surface area contributed by atoms with Gasteiger partial charge in [0.05, 0.1) is 13.2 Å². The maximum absolute atomic E-state index is 9.41. The zero-order chi connectivity index (χ0) is 12.4. The lowest BCUT2D eigenvalue weighted by Crippen LogP contribution is -2.33. The summed E-state index contributed by atoms with van der Waals surface area (Å²) in [5, 5.41) is 27.8. The summed E-state index contributed by atoms with van der Waals surface area (Å²) < 4.78 is 0. The van der Waals surface area contributed by atoms with Crippen molar-refractivity contribution in [3.8, 4) is 0 Å². The number of rotatable bonds is 10. The molecule has 3 heteroatoms. The maximum Gasteiger partial charge on any atom is 0.0510 e. The molecule has 1 unspecified atom stereocenters. The molecule has 3 nitrogen and oxygen atoms in total. The molecule has 16 heavy (non-hydrogen) atoms. The third-order valence-electron chi connectivity index (χ3n) is 3.58. The van der Waals surface area contributed by atoms with Gasteiger partial charge in [0.2, 0.25) is 0 Å². The second-order valence-electron chi connectivity index (χ2n) is 4.91. The van der Waals surface area contributed by atoms with Gasteiger partial charge in [-0.1, -0.05) is 39.5 Å². The van der Waals surface area contributed by atoms with Gasteiger partial charge < -0.3 is 15.3 Å². The van der Waals surface area contributed by atoms with Gasteiger partial charge in [-0.05, 0) is 18.8 Å². The first-order chi connectivity index (χ1) is 7.67. The lowest BCUT2D eigenvalue weighted by molar-refractivity contribution is 0.0112. The average Bonchev–Trinajstić information content (AvgIpc) is 2.33. The Hall–Kier alpha value is -0.120. The smallest absolute Gasteiger partial charge is 0.0510 e. The van der Waals surface area contributed by atoms with Crippen molar-refractivity contribution < 1.29 is 15.3 Å². The van der Waals surface area contributed by atoms with E-state index in [0.29, 0.717) is 12.3 Å². The Bertz CT molecular complexity index is 155. The van der Waals surface area contributed by atoms with Crippen LogP contribution in [0.25, 0.3) is 0 Å². The van der Waals surface area contributed by atoms with Crippen LogP contribution in [-0.4, -0.2) is 35.1 Å². The molecule has 0 bridgehead atoms. The van der Waals surface area contributed by atoms with Gasteiger partial charge in [-0.25, -0.2) is 0 Å². The van der Waals surface area contributed by atoms with Gasteiger partial charge in [0.1, 0.15) is 0 Å². The standard InChI is InChI=1S/C13H28O3/c1-3-5-6-12(4-2)9-13(10-15,11-16)7-8-14/h12,14-16H,3-11H2,1-2H3. The van der Waals surface area contributed by atoms with Crippen molar-refractivity contribution in [2.24, 2.45) is 11.3 Å². The molecular formula is C13H28O3. The van der Waals surface area contributed by atoms with Crippen LogP contribution in [0.15, 0.2) is 0 Å². The summed E-state index contributed by atoms with van der Waals surface area (Å²) in [5.74, 6) is 0.547. The molecule has 0 aromatic carbocycles. The first-order valence-corrected chi connectivity index (χ1v) is 6.50. The Morgan fingerprint density at radius 3 is 2.06 bits per heavy atom. The van der Waals surface area contributed by atoms with E-state index >= 15 is 0 Å². The van der Waals surface area contributed by atoms with Gasteiger partial charge in [0.15, 0.2) is 0 Å². The molecule has 0 aromatic heterocycles. The van der Waals surface area contributed by atoms with E-state index in [4.69, 9.17) is 5.11 Å². The fourth-order valence-corrected chi connectivity index (χ4v) is 2.23. The maximum atomic E-state index is 9.41. The Morgan fingerprint density at radius 2 is 1.69 bits per heavy atom. The van der Waals surface area contributed by atoms with Gasteiger partial charge in [-0.15, -0.1) is 0 Å². The summed E-state index contributed by atoms with van der Waals surface area (Å²) in [6.07, 6.45) is 5.92. The van der Waals surface area contributed by atoms with Crippen LogP contribution in [0.4, 0.5) is 0 Å². The van der Waals surface area contributed by atoms with E-state index in [9.17, 15) is 10.2 Å². The highest BCUT2D eigenvalue weighted by Crippen LogP contribution is 2.33. The monoisotopic (exact) mass is 232 g/mol. The fourth-order valence-electron chi connectivity index (χ4n) is 2.23. The Kier molecular flexibility index (Phi) is 8.90. The molecular weight excluding hydrogens is 204 g/mol. The SMILES string of the molecule is CCCCC(CC)CC(CO)(CO)CCO. The third-order valence-corrected chi connectivity index (χ3v) is 3.58. The average molecular weight is 232 g/mol. The minimum absolute atomic E-state index is 0.0331. The summed E-state index contributed by atoms with van der Waals surface area (Å²) in [7, 11) is 0. The van der Waals surface area contributed by atoms with Crippen molar-refractivity contribution >= 4 is 0 Å². The predicted molar refractivity (Wildman–Crippen MR) is 66.2 cm³/mol. The Balaban J connectivity index is 4.32. The third kappa shape index (κ3) is 5.28. The van der Waals surface area contributed by atoms with Crippen LogP contribution in [0, 0.1) is 11.3 Å². The number of hydrogen-bond acceptors (Lipinski definition) is 3. The minimum atomic E-state index is -0.483. The van der Waals surface area contributed by atoms with E-state index in [1.54, 1.807) is 0 Å². The van der Waals surface area contributed by atoms with Crippen LogP contribution in [0.3, 0.4) is 0 Å². The van der Waals surface area contributed by atoms with Crippen LogP contribution >= 0.6 is 0 Å². The minimum Gasteiger partial charge on any atom is -0.396 e. The van der Waals surface area contributed by atoms with Gasteiger partial charge in [0.25, 0.3) is 0 Å². The molecule has 98 valence electrons. The fraction of sp³-hybridized carbons (Fsp3) is 1.00. The first-order valence-electron chi connectivity index (χ1n) is 6.50. The number of hydrogen-bond donors (Lipinski definition) is 3. The molecule has 0 aromatic rings. The second-order valence-corrected chi connectivity index (χ2v) is 4.91. The van der Waals surface area contributed by atoms with Crippen molar-refractivity contribution in [2.75, 3.05) is 19.8 Å². The molecule has 0 amide bonds. The summed E-state index contributed by atoms with van der Waals surface area (Å²) in [6.45, 7) is 4.29. The molecule has 0 aliphatic carbocycles. The van der Waals surface area contributed by atoms with E-state index in [0.717, 1.165) is 19.3 Å². The van der Waals surface area contributed by atoms with Gasteiger partial charge in [-0.3, -0.25) is 0 Å². The summed E-state index contributed by atoms with van der Waals surface area (Å²) in [5.41, 5.74) is -0.483. The normalized spacial score (nSPS) is 14.1. The van der Waals surface area contributed by atoms with E-state index in [1.165, 1.54) is 12.8 Å². The van der Waals surface area contributed by atoms with Gasteiger partial charge >= 0.3 is 0 Å². The molecule has 1 atom stereocenters. The van der Waals surface area contributed by atoms with Crippen molar-refractivity contribution in [1.29, 1.82) is 0 Å².